The Kier molecular flexibility index (Phi) is 0.649. The zero-order valence-electron chi connectivity index (χ0n) is 5.42. The molecule has 4 nitrogen and oxygen atoms in total. The Bertz CT molecular complexity index is 172. The summed E-state index contributed by atoms with van der Waals surface area (Å²) in [4.78, 5) is 10.8. The van der Waals surface area contributed by atoms with Gasteiger partial charge in [-0.25, -0.2) is 4.79 Å². The van der Waals surface area contributed by atoms with Crippen molar-refractivity contribution in [1.29, 1.82) is 0 Å². The number of methoxy groups -OCH3 is 1. The number of hydrogen-bond acceptors (Lipinski definition) is 4. The van der Waals surface area contributed by atoms with Crippen molar-refractivity contribution >= 4 is 5.97 Å². The van der Waals surface area contributed by atoms with Crippen LogP contribution in [0.25, 0.3) is 0 Å². The summed E-state index contributed by atoms with van der Waals surface area (Å²) in [5.74, 6) is -0.159. The van der Waals surface area contributed by atoms with Crippen LogP contribution in [0.15, 0.2) is 0 Å². The summed E-state index contributed by atoms with van der Waals surface area (Å²) >= 11 is 0. The van der Waals surface area contributed by atoms with E-state index in [1.807, 2.05) is 16.9 Å². The van der Waals surface area contributed by atoms with Gasteiger partial charge in [-0.05, 0) is 6.92 Å². The Morgan fingerprint density at radius 2 is 2.22 bits per heavy atom. The Labute approximate surface area is 53.0 Å². The third kappa shape index (κ3) is 0.392. The SMILES string of the molecule is COC(=O)C1(C)N2CN21. The van der Waals surface area contributed by atoms with Crippen LogP contribution >= 0.6 is 0 Å². The van der Waals surface area contributed by atoms with Gasteiger partial charge in [-0.3, -0.25) is 0 Å². The van der Waals surface area contributed by atoms with Crippen molar-refractivity contribution < 1.29 is 9.53 Å². The fraction of sp³-hybridized carbons (Fsp3) is 0.800. The highest BCUT2D eigenvalue weighted by Gasteiger charge is 2.76. The van der Waals surface area contributed by atoms with Crippen molar-refractivity contribution in [3.05, 3.63) is 0 Å². The molecule has 0 saturated carbocycles. The van der Waals surface area contributed by atoms with E-state index in [0.717, 1.165) is 6.67 Å². The first-order valence-electron chi connectivity index (χ1n) is 2.85. The highest BCUT2D eigenvalue weighted by atomic mass is 16.5. The van der Waals surface area contributed by atoms with Crippen LogP contribution in [0.4, 0.5) is 0 Å². The smallest absolute Gasteiger partial charge is 0.343 e. The molecule has 0 radical (unpaired) electrons. The summed E-state index contributed by atoms with van der Waals surface area (Å²) in [5.41, 5.74) is -0.380. The van der Waals surface area contributed by atoms with Crippen LogP contribution in [0.2, 0.25) is 0 Å². The van der Waals surface area contributed by atoms with Crippen molar-refractivity contribution in [2.75, 3.05) is 13.8 Å². The molecule has 2 fully saturated rings. The molecule has 0 aliphatic carbocycles. The molecule has 0 N–H and O–H groups in total. The number of carbonyl (C=O) groups is 1. The predicted molar refractivity (Wildman–Crippen MR) is 29.0 cm³/mol. The van der Waals surface area contributed by atoms with Gasteiger partial charge in [0.2, 0.25) is 0 Å². The molecule has 2 rings (SSSR count). The normalized spacial score (nSPS) is 51.8. The Morgan fingerprint density at radius 3 is 2.33 bits per heavy atom. The van der Waals surface area contributed by atoms with Gasteiger partial charge in [-0.2, -0.15) is 10.0 Å². The van der Waals surface area contributed by atoms with Crippen LogP contribution in [-0.2, 0) is 9.53 Å². The summed E-state index contributed by atoms with van der Waals surface area (Å²) < 4.78 is 4.56. The fourth-order valence-electron chi connectivity index (χ4n) is 1.10. The van der Waals surface area contributed by atoms with Gasteiger partial charge in [0.15, 0.2) is 5.66 Å². The molecule has 2 unspecified atom stereocenters. The Hall–Kier alpha value is -0.610. The molecule has 2 aliphatic heterocycles. The standard InChI is InChI=1S/C5H8N2O2/c1-5(4(8)9-2)6-3-7(5)6/h3H2,1-2H3. The second-order valence-corrected chi connectivity index (χ2v) is 2.45. The fourth-order valence-corrected chi connectivity index (χ4v) is 1.10. The first kappa shape index (κ1) is 5.20. The molecule has 0 spiro atoms. The third-order valence-electron chi connectivity index (χ3n) is 2.01. The minimum atomic E-state index is -0.380. The van der Waals surface area contributed by atoms with E-state index in [1.54, 1.807) is 0 Å². The molecule has 4 heteroatoms. The number of ether oxygens (including phenoxy) is 1. The van der Waals surface area contributed by atoms with E-state index in [-0.39, 0.29) is 11.6 Å². The minimum Gasteiger partial charge on any atom is -0.467 e. The second-order valence-electron chi connectivity index (χ2n) is 2.45. The van der Waals surface area contributed by atoms with Crippen LogP contribution < -0.4 is 0 Å². The van der Waals surface area contributed by atoms with Gasteiger partial charge in [0.25, 0.3) is 0 Å². The molecular weight excluding hydrogens is 120 g/mol. The van der Waals surface area contributed by atoms with Crippen LogP contribution in [0.3, 0.4) is 0 Å². The molecule has 0 bridgehead atoms. The molecular formula is C5H8N2O2. The first-order valence-corrected chi connectivity index (χ1v) is 2.85. The average Bonchev–Trinajstić information content (AvgIpc) is 2.69. The number of hydrogen-bond donors (Lipinski definition) is 0. The molecule has 0 aromatic rings. The summed E-state index contributed by atoms with van der Waals surface area (Å²) in [6.07, 6.45) is 0. The van der Waals surface area contributed by atoms with Gasteiger partial charge in [0.1, 0.15) is 0 Å². The molecule has 2 heterocycles. The van der Waals surface area contributed by atoms with Crippen molar-refractivity contribution in [3.8, 4) is 0 Å². The molecule has 2 saturated heterocycles. The lowest BCUT2D eigenvalue weighted by molar-refractivity contribution is -0.146. The number of esters is 1. The van der Waals surface area contributed by atoms with Crippen LogP contribution in [0.5, 0.6) is 0 Å². The van der Waals surface area contributed by atoms with E-state index in [2.05, 4.69) is 4.74 Å². The number of hydrazine groups is 1. The Morgan fingerprint density at radius 1 is 1.67 bits per heavy atom. The summed E-state index contributed by atoms with van der Waals surface area (Å²) in [6, 6.07) is 0. The Balaban J connectivity index is 2.07. The van der Waals surface area contributed by atoms with Crippen molar-refractivity contribution in [2.24, 2.45) is 0 Å². The largest absolute Gasteiger partial charge is 0.467 e. The van der Waals surface area contributed by atoms with E-state index in [4.69, 9.17) is 0 Å². The first-order chi connectivity index (χ1) is 4.21. The van der Waals surface area contributed by atoms with Crippen molar-refractivity contribution in [2.45, 2.75) is 12.6 Å². The van der Waals surface area contributed by atoms with E-state index >= 15 is 0 Å². The van der Waals surface area contributed by atoms with Gasteiger partial charge < -0.3 is 4.74 Å². The average molecular weight is 128 g/mol. The zero-order chi connectivity index (χ0) is 6.65. The molecule has 0 amide bonds. The maximum atomic E-state index is 10.8. The van der Waals surface area contributed by atoms with Crippen molar-refractivity contribution in [3.63, 3.8) is 0 Å². The molecule has 9 heavy (non-hydrogen) atoms. The summed E-state index contributed by atoms with van der Waals surface area (Å²) in [7, 11) is 1.41. The summed E-state index contributed by atoms with van der Waals surface area (Å²) in [5, 5.41) is 3.89. The maximum Gasteiger partial charge on any atom is 0.343 e. The topological polar surface area (TPSA) is 32.3 Å². The van der Waals surface area contributed by atoms with E-state index < -0.39 is 0 Å². The van der Waals surface area contributed by atoms with E-state index in [0.29, 0.717) is 0 Å². The van der Waals surface area contributed by atoms with Gasteiger partial charge in [-0.1, -0.05) is 0 Å². The third-order valence-corrected chi connectivity index (χ3v) is 2.01. The van der Waals surface area contributed by atoms with Gasteiger partial charge in [0, 0.05) is 0 Å². The zero-order valence-corrected chi connectivity index (χ0v) is 5.42. The minimum absolute atomic E-state index is 0.159. The highest BCUT2D eigenvalue weighted by Crippen LogP contribution is 2.51. The number of nitrogens with zero attached hydrogens (tertiary/aromatic N) is 2. The molecule has 2 atom stereocenters. The van der Waals surface area contributed by atoms with Crippen LogP contribution in [0.1, 0.15) is 6.92 Å². The van der Waals surface area contributed by atoms with Gasteiger partial charge in [-0.15, -0.1) is 0 Å². The lowest BCUT2D eigenvalue weighted by Crippen LogP contribution is -2.34. The summed E-state index contributed by atoms with van der Waals surface area (Å²) in [6.45, 7) is 2.77. The van der Waals surface area contributed by atoms with Crippen LogP contribution in [-0.4, -0.2) is 35.4 Å². The molecule has 0 aromatic carbocycles. The number of fused-ring (bicyclic) bond motifs is 1. The predicted octanol–water partition coefficient (Wildman–Crippen LogP) is -0.621. The molecule has 50 valence electrons. The van der Waals surface area contributed by atoms with E-state index in [9.17, 15) is 4.79 Å². The van der Waals surface area contributed by atoms with Crippen LogP contribution in [0, 0.1) is 0 Å². The van der Waals surface area contributed by atoms with E-state index in [1.165, 1.54) is 7.11 Å². The number of carbonyl (C=O) groups excluding carboxylic acids is 1. The second kappa shape index (κ2) is 1.12. The lowest BCUT2D eigenvalue weighted by Gasteiger charge is -2.08. The number of rotatable bonds is 1. The van der Waals surface area contributed by atoms with Crippen molar-refractivity contribution in [1.82, 2.24) is 10.0 Å². The quantitative estimate of drug-likeness (QED) is 0.348. The maximum absolute atomic E-state index is 10.8. The molecule has 0 aromatic heterocycles. The highest BCUT2D eigenvalue weighted by molar-refractivity contribution is 5.83. The van der Waals surface area contributed by atoms with Gasteiger partial charge in [0.05, 0.1) is 13.8 Å². The molecule has 2 aliphatic rings. The van der Waals surface area contributed by atoms with Gasteiger partial charge >= 0.3 is 5.97 Å². The monoisotopic (exact) mass is 128 g/mol. The lowest BCUT2D eigenvalue weighted by atomic mass is 10.2.